The van der Waals surface area contributed by atoms with E-state index in [0.29, 0.717) is 11.7 Å². The maximum absolute atomic E-state index is 12.2. The molecular formula is C20H23N3O2S. The largest absolute Gasteiger partial charge is 0.497 e. The lowest BCUT2D eigenvalue weighted by atomic mass is 9.99. The van der Waals surface area contributed by atoms with Crippen molar-refractivity contribution in [2.75, 3.05) is 18.2 Å². The van der Waals surface area contributed by atoms with Crippen LogP contribution in [-0.2, 0) is 4.79 Å². The van der Waals surface area contributed by atoms with Gasteiger partial charge in [-0.2, -0.15) is 0 Å². The van der Waals surface area contributed by atoms with E-state index in [-0.39, 0.29) is 5.91 Å². The van der Waals surface area contributed by atoms with Gasteiger partial charge in [-0.15, -0.1) is 0 Å². The summed E-state index contributed by atoms with van der Waals surface area (Å²) in [6.07, 6.45) is 1.10. The lowest BCUT2D eigenvalue weighted by Gasteiger charge is -2.10. The summed E-state index contributed by atoms with van der Waals surface area (Å²) in [5.41, 5.74) is 3.86. The topological polar surface area (TPSA) is 67.0 Å². The van der Waals surface area contributed by atoms with E-state index in [2.05, 4.69) is 41.3 Å². The number of H-pyrrole nitrogens is 1. The lowest BCUT2D eigenvalue weighted by molar-refractivity contribution is -0.113. The van der Waals surface area contributed by atoms with Crippen LogP contribution in [0, 0.1) is 0 Å². The molecule has 0 bridgehead atoms. The van der Waals surface area contributed by atoms with Gasteiger partial charge < -0.3 is 15.0 Å². The zero-order valence-corrected chi connectivity index (χ0v) is 16.0. The second-order valence-corrected chi connectivity index (χ2v) is 7.16. The van der Waals surface area contributed by atoms with Crippen molar-refractivity contribution in [2.24, 2.45) is 0 Å². The first kappa shape index (κ1) is 18.3. The molecule has 1 atom stereocenters. The van der Waals surface area contributed by atoms with Gasteiger partial charge in [-0.3, -0.25) is 4.79 Å². The van der Waals surface area contributed by atoms with Gasteiger partial charge >= 0.3 is 0 Å². The standard InChI is InChI=1S/C20H23N3O2S/c1-4-13(2)14-5-7-15(8-6-14)21-19(24)12-26-20-22-17-10-9-16(25-3)11-18(17)23-20/h5-11,13H,4,12H2,1-3H3,(H,21,24)(H,22,23). The Bertz CT molecular complexity index is 890. The number of aromatic nitrogens is 2. The molecule has 2 N–H and O–H groups in total. The fourth-order valence-corrected chi connectivity index (χ4v) is 3.31. The number of imidazole rings is 1. The van der Waals surface area contributed by atoms with E-state index >= 15 is 0 Å². The van der Waals surface area contributed by atoms with E-state index in [1.807, 2.05) is 30.3 Å². The summed E-state index contributed by atoms with van der Waals surface area (Å²) in [5.74, 6) is 1.55. The Morgan fingerprint density at radius 2 is 2.04 bits per heavy atom. The highest BCUT2D eigenvalue weighted by atomic mass is 32.2. The van der Waals surface area contributed by atoms with Gasteiger partial charge in [0.1, 0.15) is 5.75 Å². The molecule has 26 heavy (non-hydrogen) atoms. The van der Waals surface area contributed by atoms with Crippen LogP contribution in [0.5, 0.6) is 5.75 Å². The molecule has 5 nitrogen and oxygen atoms in total. The summed E-state index contributed by atoms with van der Waals surface area (Å²) in [6, 6.07) is 13.7. The van der Waals surface area contributed by atoms with Crippen molar-refractivity contribution in [2.45, 2.75) is 31.3 Å². The van der Waals surface area contributed by atoms with Crippen LogP contribution in [0.1, 0.15) is 31.7 Å². The van der Waals surface area contributed by atoms with E-state index in [4.69, 9.17) is 4.74 Å². The third kappa shape index (κ3) is 4.38. The number of hydrogen-bond donors (Lipinski definition) is 2. The Hall–Kier alpha value is -2.47. The molecule has 0 aliphatic carbocycles. The number of nitrogens with zero attached hydrogens (tertiary/aromatic N) is 1. The quantitative estimate of drug-likeness (QED) is 0.586. The summed E-state index contributed by atoms with van der Waals surface area (Å²) in [7, 11) is 1.63. The second-order valence-electron chi connectivity index (χ2n) is 6.19. The molecule has 0 aliphatic heterocycles. The smallest absolute Gasteiger partial charge is 0.234 e. The number of aromatic amines is 1. The van der Waals surface area contributed by atoms with Gasteiger partial charge in [0.2, 0.25) is 5.91 Å². The van der Waals surface area contributed by atoms with Crippen molar-refractivity contribution in [1.29, 1.82) is 0 Å². The Morgan fingerprint density at radius 3 is 2.73 bits per heavy atom. The predicted octanol–water partition coefficient (Wildman–Crippen LogP) is 4.82. The van der Waals surface area contributed by atoms with Crippen LogP contribution in [0.3, 0.4) is 0 Å². The van der Waals surface area contributed by atoms with Crippen molar-refractivity contribution < 1.29 is 9.53 Å². The van der Waals surface area contributed by atoms with Crippen LogP contribution >= 0.6 is 11.8 Å². The maximum Gasteiger partial charge on any atom is 0.234 e. The lowest BCUT2D eigenvalue weighted by Crippen LogP contribution is -2.14. The molecule has 3 rings (SSSR count). The van der Waals surface area contributed by atoms with Gasteiger partial charge in [-0.1, -0.05) is 37.7 Å². The van der Waals surface area contributed by atoms with Gasteiger partial charge in [0, 0.05) is 11.8 Å². The molecule has 0 spiro atoms. The molecule has 6 heteroatoms. The molecule has 0 saturated heterocycles. The van der Waals surface area contributed by atoms with Gasteiger partial charge in [0.25, 0.3) is 0 Å². The molecule has 0 radical (unpaired) electrons. The van der Waals surface area contributed by atoms with Crippen LogP contribution in [0.25, 0.3) is 11.0 Å². The fourth-order valence-electron chi connectivity index (χ4n) is 2.62. The Kier molecular flexibility index (Phi) is 5.83. The van der Waals surface area contributed by atoms with Crippen LogP contribution in [0.15, 0.2) is 47.6 Å². The number of carbonyl (C=O) groups is 1. The van der Waals surface area contributed by atoms with Gasteiger partial charge in [0.15, 0.2) is 5.16 Å². The SMILES string of the molecule is CCC(C)c1ccc(NC(=O)CSc2nc3ccc(OC)cc3[nH]2)cc1. The summed E-state index contributed by atoms with van der Waals surface area (Å²) < 4.78 is 5.21. The minimum absolute atomic E-state index is 0.0515. The normalized spacial score (nSPS) is 12.1. The summed E-state index contributed by atoms with van der Waals surface area (Å²) in [6.45, 7) is 4.37. The van der Waals surface area contributed by atoms with E-state index in [1.54, 1.807) is 7.11 Å². The first-order chi connectivity index (χ1) is 12.6. The molecular weight excluding hydrogens is 346 g/mol. The maximum atomic E-state index is 12.2. The zero-order valence-electron chi connectivity index (χ0n) is 15.2. The molecule has 1 heterocycles. The molecule has 0 aliphatic rings. The predicted molar refractivity (Wildman–Crippen MR) is 107 cm³/mol. The molecule has 2 aromatic carbocycles. The van der Waals surface area contributed by atoms with Gasteiger partial charge in [0.05, 0.1) is 23.9 Å². The van der Waals surface area contributed by atoms with Crippen LogP contribution in [0.4, 0.5) is 5.69 Å². The number of nitrogens with one attached hydrogen (secondary N) is 2. The molecule has 3 aromatic rings. The first-order valence-corrected chi connectivity index (χ1v) is 9.64. The monoisotopic (exact) mass is 369 g/mol. The second kappa shape index (κ2) is 8.27. The zero-order chi connectivity index (χ0) is 18.5. The summed E-state index contributed by atoms with van der Waals surface area (Å²) in [5, 5.41) is 3.64. The van der Waals surface area contributed by atoms with E-state index in [1.165, 1.54) is 17.3 Å². The third-order valence-corrected chi connectivity index (χ3v) is 5.26. The van der Waals surface area contributed by atoms with E-state index in [9.17, 15) is 4.79 Å². The number of ether oxygens (including phenoxy) is 1. The number of thioether (sulfide) groups is 1. The molecule has 1 amide bonds. The highest BCUT2D eigenvalue weighted by Gasteiger charge is 2.09. The number of anilines is 1. The van der Waals surface area contributed by atoms with E-state index < -0.39 is 0 Å². The average Bonchev–Trinajstić information content (AvgIpc) is 3.08. The molecule has 136 valence electrons. The Balaban J connectivity index is 1.57. The van der Waals surface area contributed by atoms with Gasteiger partial charge in [-0.25, -0.2) is 4.98 Å². The number of rotatable bonds is 7. The van der Waals surface area contributed by atoms with Crippen LogP contribution in [0.2, 0.25) is 0 Å². The first-order valence-electron chi connectivity index (χ1n) is 8.65. The molecule has 1 aromatic heterocycles. The van der Waals surface area contributed by atoms with Crippen molar-refractivity contribution in [3.05, 3.63) is 48.0 Å². The summed E-state index contributed by atoms with van der Waals surface area (Å²) >= 11 is 1.38. The Labute approximate surface area is 157 Å². The van der Waals surface area contributed by atoms with Crippen molar-refractivity contribution in [1.82, 2.24) is 9.97 Å². The number of fused-ring (bicyclic) bond motifs is 1. The summed E-state index contributed by atoms with van der Waals surface area (Å²) in [4.78, 5) is 19.9. The number of methoxy groups -OCH3 is 1. The number of hydrogen-bond acceptors (Lipinski definition) is 4. The molecule has 1 unspecified atom stereocenters. The molecule has 0 fully saturated rings. The van der Waals surface area contributed by atoms with Crippen LogP contribution in [-0.4, -0.2) is 28.7 Å². The van der Waals surface area contributed by atoms with Crippen molar-refractivity contribution in [3.8, 4) is 5.75 Å². The van der Waals surface area contributed by atoms with Crippen molar-refractivity contribution in [3.63, 3.8) is 0 Å². The van der Waals surface area contributed by atoms with Gasteiger partial charge in [-0.05, 0) is 42.2 Å². The number of benzene rings is 2. The Morgan fingerprint density at radius 1 is 1.27 bits per heavy atom. The average molecular weight is 369 g/mol. The molecule has 0 saturated carbocycles. The number of amides is 1. The minimum Gasteiger partial charge on any atom is -0.497 e. The minimum atomic E-state index is -0.0515. The fraction of sp³-hybridized carbons (Fsp3) is 0.300. The highest BCUT2D eigenvalue weighted by Crippen LogP contribution is 2.24. The van der Waals surface area contributed by atoms with Crippen molar-refractivity contribution >= 4 is 34.4 Å². The van der Waals surface area contributed by atoms with E-state index in [0.717, 1.165) is 34.0 Å². The highest BCUT2D eigenvalue weighted by molar-refractivity contribution is 7.99. The van der Waals surface area contributed by atoms with Crippen LogP contribution < -0.4 is 10.1 Å². The third-order valence-electron chi connectivity index (χ3n) is 4.38. The number of carbonyl (C=O) groups excluding carboxylic acids is 1.